The van der Waals surface area contributed by atoms with Gasteiger partial charge in [0.1, 0.15) is 11.9 Å². The number of halogens is 1. The zero-order chi connectivity index (χ0) is 26.0. The molecule has 0 saturated heterocycles. The van der Waals surface area contributed by atoms with Crippen LogP contribution in [0.1, 0.15) is 17.8 Å². The molecule has 4 amide bonds. The van der Waals surface area contributed by atoms with Crippen LogP contribution in [0, 0.1) is 5.82 Å². The maximum atomic E-state index is 13.0. The van der Waals surface area contributed by atoms with Gasteiger partial charge in [0.05, 0.1) is 17.6 Å². The van der Waals surface area contributed by atoms with Crippen LogP contribution in [0.2, 0.25) is 0 Å². The zero-order valence-corrected chi connectivity index (χ0v) is 19.8. The smallest absolute Gasteiger partial charge is 0.328 e. The van der Waals surface area contributed by atoms with E-state index in [-0.39, 0.29) is 24.3 Å². The molecule has 2 aromatic heterocycles. The Labute approximate surface area is 205 Å². The summed E-state index contributed by atoms with van der Waals surface area (Å²) in [5, 5.41) is 7.62. The number of H-pyrrole nitrogens is 2. The Kier molecular flexibility index (Phi) is 9.10. The van der Waals surface area contributed by atoms with Gasteiger partial charge in [0.15, 0.2) is 0 Å². The van der Waals surface area contributed by atoms with Gasteiger partial charge in [-0.3, -0.25) is 9.59 Å². The van der Waals surface area contributed by atoms with E-state index in [0.29, 0.717) is 18.7 Å². The molecule has 3 aromatic rings. The molecule has 0 aliphatic heterocycles. The number of hydrogen-bond donors (Lipinski definition) is 6. The van der Waals surface area contributed by atoms with Crippen molar-refractivity contribution in [1.82, 2.24) is 40.6 Å². The van der Waals surface area contributed by atoms with Gasteiger partial charge >= 0.3 is 6.03 Å². The molecule has 6 N–H and O–H groups in total. The topological polar surface area (TPSA) is 191 Å². The Morgan fingerprint density at radius 3 is 2.25 bits per heavy atom. The number of aromatic nitrogens is 4. The van der Waals surface area contributed by atoms with Crippen molar-refractivity contribution in [2.45, 2.75) is 30.2 Å². The predicted molar refractivity (Wildman–Crippen MR) is 124 cm³/mol. The molecule has 0 aliphatic carbocycles. The fraction of sp³-hybridized carbons (Fsp3) is 0.286. The molecule has 2 heterocycles. The number of imidazole rings is 2. The summed E-state index contributed by atoms with van der Waals surface area (Å²) in [4.78, 5) is 50.3. The van der Waals surface area contributed by atoms with Crippen molar-refractivity contribution in [2.24, 2.45) is 0 Å². The summed E-state index contributed by atoms with van der Waals surface area (Å²) < 4.78 is 39.1. The van der Waals surface area contributed by atoms with Gasteiger partial charge in [-0.1, -0.05) is 0 Å². The second-order valence-electron chi connectivity index (χ2n) is 7.58. The predicted octanol–water partition coefficient (Wildman–Crippen LogP) is -0.264. The number of hydrogen-bond acceptors (Lipinski definition) is 7. The van der Waals surface area contributed by atoms with Gasteiger partial charge in [-0.15, -0.1) is 0 Å². The number of carbonyl (C=O) groups excluding carboxylic acids is 3. The van der Waals surface area contributed by atoms with Crippen molar-refractivity contribution in [3.05, 3.63) is 66.5 Å². The van der Waals surface area contributed by atoms with Gasteiger partial charge in [-0.25, -0.2) is 32.3 Å². The van der Waals surface area contributed by atoms with E-state index in [1.807, 2.05) is 0 Å². The third kappa shape index (κ3) is 8.19. The molecule has 3 rings (SSSR count). The number of carbonyl (C=O) groups is 3. The third-order valence-corrected chi connectivity index (χ3v) is 6.21. The Balaban J connectivity index is 1.46. The number of benzene rings is 1. The summed E-state index contributed by atoms with van der Waals surface area (Å²) in [6.45, 7) is 0.120. The Morgan fingerprint density at radius 1 is 0.944 bits per heavy atom. The van der Waals surface area contributed by atoms with E-state index in [4.69, 9.17) is 0 Å². The van der Waals surface area contributed by atoms with Crippen LogP contribution in [0.5, 0.6) is 0 Å². The summed E-state index contributed by atoms with van der Waals surface area (Å²) in [6, 6.07) is 1.95. The van der Waals surface area contributed by atoms with E-state index in [1.54, 1.807) is 10.9 Å². The Morgan fingerprint density at radius 2 is 1.61 bits per heavy atom. The molecule has 192 valence electrons. The van der Waals surface area contributed by atoms with Crippen molar-refractivity contribution >= 4 is 27.9 Å². The first kappa shape index (κ1) is 26.3. The molecule has 0 fully saturated rings. The minimum absolute atomic E-state index is 0.158. The quantitative estimate of drug-likeness (QED) is 0.189. The fourth-order valence-electron chi connectivity index (χ4n) is 3.08. The lowest BCUT2D eigenvalue weighted by Gasteiger charge is -2.18. The van der Waals surface area contributed by atoms with Gasteiger partial charge in [0, 0.05) is 56.1 Å². The second kappa shape index (κ2) is 12.4. The van der Waals surface area contributed by atoms with Crippen LogP contribution in [0.4, 0.5) is 9.18 Å². The summed E-state index contributed by atoms with van der Waals surface area (Å²) in [7, 11) is -4.21. The monoisotopic (exact) mass is 520 g/mol. The van der Waals surface area contributed by atoms with E-state index >= 15 is 0 Å². The van der Waals surface area contributed by atoms with Crippen molar-refractivity contribution in [2.75, 3.05) is 13.1 Å². The van der Waals surface area contributed by atoms with Crippen LogP contribution in [0.25, 0.3) is 0 Å². The highest BCUT2D eigenvalue weighted by Gasteiger charge is 2.22. The normalized spacial score (nSPS) is 11.9. The van der Waals surface area contributed by atoms with Gasteiger partial charge in [0.2, 0.25) is 11.8 Å². The first-order chi connectivity index (χ1) is 17.2. The van der Waals surface area contributed by atoms with Crippen LogP contribution in [0.3, 0.4) is 0 Å². The van der Waals surface area contributed by atoms with E-state index in [2.05, 4.69) is 35.9 Å². The first-order valence-corrected chi connectivity index (χ1v) is 12.3. The lowest BCUT2D eigenvalue weighted by molar-refractivity contribution is -0.128. The highest BCUT2D eigenvalue weighted by Crippen LogP contribution is 2.09. The summed E-state index contributed by atoms with van der Waals surface area (Å²) in [5.74, 6) is -1.57. The molecule has 13 nitrogen and oxygen atoms in total. The highest BCUT2D eigenvalue weighted by molar-refractivity contribution is 7.90. The zero-order valence-electron chi connectivity index (χ0n) is 19.0. The molecule has 1 aromatic carbocycles. The fourth-order valence-corrected chi connectivity index (χ4v) is 4.01. The molecule has 0 radical (unpaired) electrons. The van der Waals surface area contributed by atoms with E-state index < -0.39 is 39.7 Å². The average molecular weight is 521 g/mol. The number of amides is 4. The minimum Gasteiger partial charge on any atom is -0.354 e. The van der Waals surface area contributed by atoms with Gasteiger partial charge in [-0.2, -0.15) is 0 Å². The molecule has 0 saturated carbocycles. The Hall–Kier alpha value is -4.27. The summed E-state index contributed by atoms with van der Waals surface area (Å²) in [5.41, 5.74) is 1.47. The third-order valence-electron chi connectivity index (χ3n) is 4.87. The number of nitrogens with one attached hydrogen (secondary N) is 6. The molecule has 36 heavy (non-hydrogen) atoms. The number of sulfonamides is 1. The second-order valence-corrected chi connectivity index (χ2v) is 9.27. The first-order valence-electron chi connectivity index (χ1n) is 10.8. The average Bonchev–Trinajstić information content (AvgIpc) is 3.53. The number of urea groups is 1. The standard InChI is InChI=1S/C21H25FN8O5S/c22-14-1-3-17(4-2-14)36(34,35)30-21(33)26-8-6-19(31)29-18(9-16-11-24-13-28-16)20(32)25-7-5-15-10-23-12-27-15/h1-4,10-13,18H,5-9H2,(H,23,27)(H,24,28)(H,25,32)(H,29,31)(H2,26,30,33)/t18-/m1/s1. The summed E-state index contributed by atoms with van der Waals surface area (Å²) in [6.07, 6.45) is 6.62. The van der Waals surface area contributed by atoms with Crippen LogP contribution < -0.4 is 20.7 Å². The van der Waals surface area contributed by atoms with Crippen molar-refractivity contribution in [3.63, 3.8) is 0 Å². The lowest BCUT2D eigenvalue weighted by atomic mass is 10.1. The molecule has 0 aliphatic rings. The van der Waals surface area contributed by atoms with Gasteiger partial charge in [0.25, 0.3) is 10.0 Å². The van der Waals surface area contributed by atoms with Gasteiger partial charge in [-0.05, 0) is 24.3 Å². The van der Waals surface area contributed by atoms with Crippen molar-refractivity contribution < 1.29 is 27.2 Å². The SMILES string of the molecule is O=C(CCNC(=O)NS(=O)(=O)c1ccc(F)cc1)N[C@H](Cc1cnc[nH]1)C(=O)NCCc1cnc[nH]1. The van der Waals surface area contributed by atoms with Crippen LogP contribution in [-0.4, -0.2) is 65.3 Å². The highest BCUT2D eigenvalue weighted by atomic mass is 32.2. The van der Waals surface area contributed by atoms with E-state index in [1.165, 1.54) is 18.9 Å². The number of nitrogens with zero attached hydrogens (tertiary/aromatic N) is 2. The number of rotatable bonds is 12. The van der Waals surface area contributed by atoms with Crippen LogP contribution in [0.15, 0.2) is 54.2 Å². The lowest BCUT2D eigenvalue weighted by Crippen LogP contribution is -2.49. The van der Waals surface area contributed by atoms with E-state index in [0.717, 1.165) is 30.0 Å². The minimum atomic E-state index is -4.21. The largest absolute Gasteiger partial charge is 0.354 e. The number of aromatic amines is 2. The molecule has 0 bridgehead atoms. The maximum Gasteiger partial charge on any atom is 0.328 e. The van der Waals surface area contributed by atoms with Crippen LogP contribution >= 0.6 is 0 Å². The molecular formula is C21H25FN8O5S. The maximum absolute atomic E-state index is 13.0. The van der Waals surface area contributed by atoms with E-state index in [9.17, 15) is 27.2 Å². The summed E-state index contributed by atoms with van der Waals surface area (Å²) >= 11 is 0. The van der Waals surface area contributed by atoms with Crippen LogP contribution in [-0.2, 0) is 32.5 Å². The van der Waals surface area contributed by atoms with Crippen molar-refractivity contribution in [3.8, 4) is 0 Å². The molecule has 1 atom stereocenters. The van der Waals surface area contributed by atoms with Crippen molar-refractivity contribution in [1.29, 1.82) is 0 Å². The molecule has 0 unspecified atom stereocenters. The van der Waals surface area contributed by atoms with Gasteiger partial charge < -0.3 is 25.9 Å². The Bertz CT molecular complexity index is 1250. The molecular weight excluding hydrogens is 495 g/mol. The molecule has 0 spiro atoms. The molecule has 15 heteroatoms.